The average molecular weight is 431 g/mol. The number of guanidine groups is 1. The number of nitrogens with one attached hydrogen (secondary N) is 1. The third kappa shape index (κ3) is 5.09. The molecule has 1 N–H and O–H groups in total. The van der Waals surface area contributed by atoms with Crippen LogP contribution in [0.3, 0.4) is 0 Å². The van der Waals surface area contributed by atoms with E-state index in [0.717, 1.165) is 31.5 Å². The Morgan fingerprint density at radius 1 is 1.35 bits per heavy atom. The molecule has 130 valence electrons. The number of hydrogen-bond donors (Lipinski definition) is 1. The van der Waals surface area contributed by atoms with Gasteiger partial charge in [-0.1, -0.05) is 19.8 Å². The van der Waals surface area contributed by atoms with Crippen LogP contribution in [0.15, 0.2) is 23.7 Å². The van der Waals surface area contributed by atoms with Gasteiger partial charge in [0.15, 0.2) is 5.96 Å². The van der Waals surface area contributed by atoms with Crippen LogP contribution in [-0.4, -0.2) is 47.1 Å². The number of hydrogen-bond acceptors (Lipinski definition) is 2. The van der Waals surface area contributed by atoms with Crippen molar-refractivity contribution in [2.45, 2.75) is 45.1 Å². The van der Waals surface area contributed by atoms with Gasteiger partial charge in [-0.2, -0.15) is 0 Å². The molecule has 2 fully saturated rings. The molecule has 23 heavy (non-hydrogen) atoms. The molecule has 3 rings (SSSR count). The Balaban J connectivity index is 0.00000192. The van der Waals surface area contributed by atoms with E-state index in [0.29, 0.717) is 12.0 Å². The van der Waals surface area contributed by atoms with E-state index in [2.05, 4.69) is 37.9 Å². The highest BCUT2D eigenvalue weighted by atomic mass is 127. The first-order chi connectivity index (χ1) is 10.8. The molecular weight excluding hydrogens is 401 g/mol. The number of rotatable bonds is 5. The van der Waals surface area contributed by atoms with Crippen LogP contribution in [0.5, 0.6) is 0 Å². The molecule has 0 aromatic carbocycles. The Morgan fingerprint density at radius 3 is 2.83 bits per heavy atom. The summed E-state index contributed by atoms with van der Waals surface area (Å²) in [6.45, 7) is 5.49. The van der Waals surface area contributed by atoms with Crippen molar-refractivity contribution in [1.29, 1.82) is 0 Å². The monoisotopic (exact) mass is 431 g/mol. The van der Waals surface area contributed by atoms with E-state index in [1.165, 1.54) is 32.1 Å². The topological polar surface area (TPSA) is 45.5 Å². The molecular formula is C17H30IN5. The fourth-order valence-corrected chi connectivity index (χ4v) is 3.42. The number of piperidine rings is 1. The lowest BCUT2D eigenvalue weighted by Gasteiger charge is -2.39. The Morgan fingerprint density at radius 2 is 2.17 bits per heavy atom. The summed E-state index contributed by atoms with van der Waals surface area (Å²) in [6, 6.07) is 0.487. The quantitative estimate of drug-likeness (QED) is 0.337. The molecule has 6 heteroatoms. The first-order valence-electron chi connectivity index (χ1n) is 8.71. The van der Waals surface area contributed by atoms with Gasteiger partial charge in [0.2, 0.25) is 0 Å². The average Bonchev–Trinajstić information content (AvgIpc) is 3.20. The lowest BCUT2D eigenvalue weighted by atomic mass is 9.93. The SMILES string of the molecule is CN=C(NCCCC1CC1)N1CCC(C)C(n2ccnc2)C1.I. The fraction of sp³-hybridized carbons (Fsp3) is 0.765. The maximum atomic E-state index is 4.49. The summed E-state index contributed by atoms with van der Waals surface area (Å²) in [6.07, 6.45) is 12.6. The van der Waals surface area contributed by atoms with Crippen molar-refractivity contribution >= 4 is 29.9 Å². The molecule has 1 aliphatic carbocycles. The van der Waals surface area contributed by atoms with Crippen molar-refractivity contribution in [3.05, 3.63) is 18.7 Å². The van der Waals surface area contributed by atoms with Gasteiger partial charge in [-0.05, 0) is 31.1 Å². The fourth-order valence-electron chi connectivity index (χ4n) is 3.42. The first-order valence-corrected chi connectivity index (χ1v) is 8.71. The van der Waals surface area contributed by atoms with Crippen LogP contribution in [0.4, 0.5) is 0 Å². The van der Waals surface area contributed by atoms with Crippen LogP contribution in [0.2, 0.25) is 0 Å². The minimum absolute atomic E-state index is 0. The molecule has 1 aromatic rings. The summed E-state index contributed by atoms with van der Waals surface area (Å²) in [5.74, 6) is 2.76. The number of likely N-dealkylation sites (tertiary alicyclic amines) is 1. The van der Waals surface area contributed by atoms with Gasteiger partial charge in [0.25, 0.3) is 0 Å². The van der Waals surface area contributed by atoms with Gasteiger partial charge >= 0.3 is 0 Å². The highest BCUT2D eigenvalue weighted by molar-refractivity contribution is 14.0. The summed E-state index contributed by atoms with van der Waals surface area (Å²) < 4.78 is 2.25. The van der Waals surface area contributed by atoms with Crippen molar-refractivity contribution in [2.75, 3.05) is 26.7 Å². The van der Waals surface area contributed by atoms with Crippen molar-refractivity contribution in [2.24, 2.45) is 16.8 Å². The van der Waals surface area contributed by atoms with Crippen molar-refractivity contribution in [3.63, 3.8) is 0 Å². The van der Waals surface area contributed by atoms with Crippen LogP contribution >= 0.6 is 24.0 Å². The van der Waals surface area contributed by atoms with Crippen molar-refractivity contribution in [3.8, 4) is 0 Å². The van der Waals surface area contributed by atoms with Gasteiger partial charge in [0, 0.05) is 39.1 Å². The normalized spacial score (nSPS) is 25.1. The molecule has 2 aliphatic rings. The third-order valence-corrected chi connectivity index (χ3v) is 5.11. The van der Waals surface area contributed by atoms with Crippen molar-refractivity contribution in [1.82, 2.24) is 19.8 Å². The Hall–Kier alpha value is -0.790. The van der Waals surface area contributed by atoms with Crippen LogP contribution < -0.4 is 5.32 Å². The number of aromatic nitrogens is 2. The maximum Gasteiger partial charge on any atom is 0.193 e. The molecule has 2 heterocycles. The largest absolute Gasteiger partial charge is 0.356 e. The highest BCUT2D eigenvalue weighted by Gasteiger charge is 2.28. The standard InChI is InChI=1S/C17H29N5.HI/c1-14-7-10-21(12-16(14)22-11-9-19-13-22)17(18-2)20-8-3-4-15-5-6-15;/h9,11,13-16H,3-8,10,12H2,1-2H3,(H,18,20);1H. The van der Waals surface area contributed by atoms with E-state index in [1.807, 2.05) is 19.6 Å². The third-order valence-electron chi connectivity index (χ3n) is 5.11. The van der Waals surface area contributed by atoms with Crippen LogP contribution in [0.1, 0.15) is 45.1 Å². The molecule has 0 amide bonds. The Labute approximate surface area is 157 Å². The first kappa shape index (κ1) is 18.5. The summed E-state index contributed by atoms with van der Waals surface area (Å²) in [5, 5.41) is 3.55. The predicted molar refractivity (Wildman–Crippen MR) is 105 cm³/mol. The smallest absolute Gasteiger partial charge is 0.193 e. The minimum atomic E-state index is 0. The molecule has 0 spiro atoms. The van der Waals surface area contributed by atoms with E-state index < -0.39 is 0 Å². The van der Waals surface area contributed by atoms with Gasteiger partial charge in [-0.3, -0.25) is 4.99 Å². The van der Waals surface area contributed by atoms with Crippen LogP contribution in [0.25, 0.3) is 0 Å². The molecule has 2 atom stereocenters. The van der Waals surface area contributed by atoms with Gasteiger partial charge < -0.3 is 14.8 Å². The summed E-state index contributed by atoms with van der Waals surface area (Å²) in [5.41, 5.74) is 0. The lowest BCUT2D eigenvalue weighted by Crippen LogP contribution is -2.49. The molecule has 2 unspecified atom stereocenters. The summed E-state index contributed by atoms with van der Waals surface area (Å²) in [4.78, 5) is 11.1. The second-order valence-corrected chi connectivity index (χ2v) is 6.85. The Bertz CT molecular complexity index is 483. The molecule has 1 aliphatic heterocycles. The zero-order valence-corrected chi connectivity index (χ0v) is 16.6. The summed E-state index contributed by atoms with van der Waals surface area (Å²) >= 11 is 0. The Kier molecular flexibility index (Phi) is 7.17. The van der Waals surface area contributed by atoms with Gasteiger partial charge in [-0.15, -0.1) is 24.0 Å². The number of nitrogens with zero attached hydrogens (tertiary/aromatic N) is 4. The molecule has 0 radical (unpaired) electrons. The van der Waals surface area contributed by atoms with Crippen LogP contribution in [-0.2, 0) is 0 Å². The lowest BCUT2D eigenvalue weighted by molar-refractivity contribution is 0.189. The molecule has 1 saturated carbocycles. The van der Waals surface area contributed by atoms with Gasteiger partial charge in [0.1, 0.15) is 0 Å². The maximum absolute atomic E-state index is 4.49. The molecule has 0 bridgehead atoms. The number of halogens is 1. The molecule has 1 saturated heterocycles. The molecule has 5 nitrogen and oxygen atoms in total. The van der Waals surface area contributed by atoms with Gasteiger partial charge in [-0.25, -0.2) is 4.98 Å². The van der Waals surface area contributed by atoms with E-state index in [9.17, 15) is 0 Å². The zero-order valence-electron chi connectivity index (χ0n) is 14.3. The van der Waals surface area contributed by atoms with Gasteiger partial charge in [0.05, 0.1) is 12.4 Å². The minimum Gasteiger partial charge on any atom is -0.356 e. The predicted octanol–water partition coefficient (Wildman–Crippen LogP) is 3.15. The molecule has 1 aromatic heterocycles. The zero-order chi connectivity index (χ0) is 15.4. The second kappa shape index (κ2) is 8.89. The van der Waals surface area contributed by atoms with Crippen LogP contribution in [0, 0.1) is 11.8 Å². The second-order valence-electron chi connectivity index (χ2n) is 6.85. The van der Waals surface area contributed by atoms with Crippen molar-refractivity contribution < 1.29 is 0 Å². The van der Waals surface area contributed by atoms with E-state index in [4.69, 9.17) is 0 Å². The van der Waals surface area contributed by atoms with E-state index in [-0.39, 0.29) is 24.0 Å². The van der Waals surface area contributed by atoms with E-state index in [1.54, 1.807) is 0 Å². The number of aliphatic imine (C=N–C) groups is 1. The summed E-state index contributed by atoms with van der Waals surface area (Å²) in [7, 11) is 1.90. The highest BCUT2D eigenvalue weighted by Crippen LogP contribution is 2.33. The van der Waals surface area contributed by atoms with E-state index >= 15 is 0 Å². The number of imidazole rings is 1.